The number of benzene rings is 1. The van der Waals surface area contributed by atoms with Crippen LogP contribution in [-0.4, -0.2) is 10.9 Å². The maximum Gasteiger partial charge on any atom is 0.244 e. The van der Waals surface area contributed by atoms with Gasteiger partial charge in [0.1, 0.15) is 5.76 Å². The fraction of sp³-hybridized carbons (Fsp3) is 0.111. The van der Waals surface area contributed by atoms with E-state index in [2.05, 4.69) is 22.4 Å². The summed E-state index contributed by atoms with van der Waals surface area (Å²) in [6.45, 7) is 0.423. The van der Waals surface area contributed by atoms with Crippen LogP contribution in [0.5, 0.6) is 0 Å². The lowest BCUT2D eigenvalue weighted by atomic mass is 10.2. The number of nitrogens with one attached hydrogen (secondary N) is 1. The number of nitrogens with zero attached hydrogens (tertiary/aromatic N) is 1. The quantitative estimate of drug-likeness (QED) is 0.704. The van der Waals surface area contributed by atoms with Gasteiger partial charge in [-0.15, -0.1) is 11.3 Å². The van der Waals surface area contributed by atoms with Crippen molar-refractivity contribution in [2.24, 2.45) is 0 Å². The average Bonchev–Trinajstić information content (AvgIpc) is 3.24. The summed E-state index contributed by atoms with van der Waals surface area (Å²) in [5, 5.41) is 5.84. The van der Waals surface area contributed by atoms with Gasteiger partial charge < -0.3 is 9.73 Å². The van der Waals surface area contributed by atoms with Gasteiger partial charge in [-0.1, -0.05) is 30.3 Å². The molecule has 0 bridgehead atoms. The molecular formula is C18H16N2O2S. The van der Waals surface area contributed by atoms with Crippen molar-refractivity contribution < 1.29 is 9.21 Å². The van der Waals surface area contributed by atoms with Gasteiger partial charge in [0.15, 0.2) is 0 Å². The van der Waals surface area contributed by atoms with E-state index < -0.39 is 0 Å². The zero-order valence-electron chi connectivity index (χ0n) is 12.4. The number of hydrogen-bond acceptors (Lipinski definition) is 4. The highest BCUT2D eigenvalue weighted by atomic mass is 32.1. The molecule has 0 atom stereocenters. The van der Waals surface area contributed by atoms with E-state index in [0.29, 0.717) is 12.3 Å². The predicted octanol–water partition coefficient (Wildman–Crippen LogP) is 3.66. The van der Waals surface area contributed by atoms with Gasteiger partial charge in [0.05, 0.1) is 23.5 Å². The largest absolute Gasteiger partial charge is 0.465 e. The summed E-state index contributed by atoms with van der Waals surface area (Å²) in [7, 11) is 0. The number of hydrogen-bond donors (Lipinski definition) is 1. The van der Waals surface area contributed by atoms with Gasteiger partial charge in [-0.05, 0) is 23.8 Å². The Hall–Kier alpha value is -2.66. The number of carbonyl (C=O) groups is 1. The molecule has 0 aliphatic carbocycles. The second-order valence-corrected chi connectivity index (χ2v) is 5.90. The summed E-state index contributed by atoms with van der Waals surface area (Å²) in [6.07, 6.45) is 5.48. The molecule has 116 valence electrons. The molecule has 2 heterocycles. The molecule has 0 fully saturated rings. The predicted molar refractivity (Wildman–Crippen MR) is 91.0 cm³/mol. The van der Waals surface area contributed by atoms with Gasteiger partial charge in [0.25, 0.3) is 0 Å². The van der Waals surface area contributed by atoms with Crippen LogP contribution in [0.3, 0.4) is 0 Å². The first-order valence-electron chi connectivity index (χ1n) is 7.26. The van der Waals surface area contributed by atoms with Crippen molar-refractivity contribution in [3.63, 3.8) is 0 Å². The molecule has 1 amide bonds. The van der Waals surface area contributed by atoms with Crippen molar-refractivity contribution in [1.29, 1.82) is 0 Å². The molecule has 0 unspecified atom stereocenters. The topological polar surface area (TPSA) is 55.1 Å². The summed E-state index contributed by atoms with van der Waals surface area (Å²) in [6, 6.07) is 13.8. The minimum absolute atomic E-state index is 0.168. The number of carbonyl (C=O) groups excluding carboxylic acids is 1. The molecule has 0 spiro atoms. The van der Waals surface area contributed by atoms with Crippen LogP contribution in [0.2, 0.25) is 0 Å². The van der Waals surface area contributed by atoms with E-state index in [1.807, 2.05) is 23.6 Å². The van der Waals surface area contributed by atoms with Crippen molar-refractivity contribution in [3.8, 4) is 0 Å². The van der Waals surface area contributed by atoms with Crippen molar-refractivity contribution in [1.82, 2.24) is 10.3 Å². The van der Waals surface area contributed by atoms with Gasteiger partial charge in [0.2, 0.25) is 5.91 Å². The van der Waals surface area contributed by atoms with Crippen LogP contribution in [-0.2, 0) is 17.8 Å². The van der Waals surface area contributed by atoms with E-state index >= 15 is 0 Å². The van der Waals surface area contributed by atoms with Gasteiger partial charge in [-0.2, -0.15) is 0 Å². The molecule has 0 saturated carbocycles. The average molecular weight is 324 g/mol. The van der Waals surface area contributed by atoms with Crippen LogP contribution in [0.15, 0.2) is 64.6 Å². The Labute approximate surface area is 138 Å². The molecule has 23 heavy (non-hydrogen) atoms. The minimum atomic E-state index is -0.168. The zero-order valence-corrected chi connectivity index (χ0v) is 13.3. The number of rotatable bonds is 6. The molecule has 1 aromatic carbocycles. The van der Waals surface area contributed by atoms with Crippen molar-refractivity contribution in [2.45, 2.75) is 13.0 Å². The number of aromatic nitrogens is 1. The SMILES string of the molecule is O=C(/C=C/c1ccco1)NCc1csc(Cc2ccccc2)n1. The lowest BCUT2D eigenvalue weighted by Crippen LogP contribution is -2.20. The van der Waals surface area contributed by atoms with E-state index in [1.54, 1.807) is 35.8 Å². The summed E-state index contributed by atoms with van der Waals surface area (Å²) in [4.78, 5) is 16.3. The highest BCUT2D eigenvalue weighted by Gasteiger charge is 2.04. The Balaban J connectivity index is 1.50. The molecule has 3 rings (SSSR count). The number of furan rings is 1. The highest BCUT2D eigenvalue weighted by Crippen LogP contribution is 2.14. The normalized spacial score (nSPS) is 11.0. The molecule has 0 saturated heterocycles. The van der Waals surface area contributed by atoms with E-state index in [4.69, 9.17) is 4.42 Å². The second kappa shape index (κ2) is 7.56. The highest BCUT2D eigenvalue weighted by molar-refractivity contribution is 7.09. The van der Waals surface area contributed by atoms with Crippen molar-refractivity contribution in [3.05, 3.63) is 82.2 Å². The lowest BCUT2D eigenvalue weighted by Gasteiger charge is -1.99. The molecule has 3 aromatic rings. The molecule has 1 N–H and O–H groups in total. The molecule has 0 aliphatic heterocycles. The first-order chi connectivity index (χ1) is 11.3. The summed E-state index contributed by atoms with van der Waals surface area (Å²) in [5.74, 6) is 0.484. The Morgan fingerprint density at radius 3 is 2.87 bits per heavy atom. The van der Waals surface area contributed by atoms with E-state index in [1.165, 1.54) is 11.6 Å². The maximum absolute atomic E-state index is 11.7. The van der Waals surface area contributed by atoms with E-state index in [-0.39, 0.29) is 5.91 Å². The summed E-state index contributed by atoms with van der Waals surface area (Å²) in [5.41, 5.74) is 2.11. The summed E-state index contributed by atoms with van der Waals surface area (Å²) < 4.78 is 5.13. The van der Waals surface area contributed by atoms with Crippen LogP contribution in [0, 0.1) is 0 Å². The molecule has 2 aromatic heterocycles. The second-order valence-electron chi connectivity index (χ2n) is 4.96. The van der Waals surface area contributed by atoms with Crippen LogP contribution in [0.1, 0.15) is 22.0 Å². The molecule has 4 nitrogen and oxygen atoms in total. The molecular weight excluding hydrogens is 308 g/mol. The molecule has 0 radical (unpaired) electrons. The van der Waals surface area contributed by atoms with Crippen LogP contribution < -0.4 is 5.32 Å². The molecule has 0 aliphatic rings. The van der Waals surface area contributed by atoms with Gasteiger partial charge in [0, 0.05) is 17.9 Å². The van der Waals surface area contributed by atoms with E-state index in [0.717, 1.165) is 17.1 Å². The third kappa shape index (κ3) is 4.66. The van der Waals surface area contributed by atoms with Gasteiger partial charge >= 0.3 is 0 Å². The Morgan fingerprint density at radius 1 is 1.22 bits per heavy atom. The number of amides is 1. The van der Waals surface area contributed by atoms with E-state index in [9.17, 15) is 4.79 Å². The Bertz CT molecular complexity index is 776. The lowest BCUT2D eigenvalue weighted by molar-refractivity contribution is -0.116. The van der Waals surface area contributed by atoms with Crippen LogP contribution in [0.4, 0.5) is 0 Å². The number of thiazole rings is 1. The first-order valence-corrected chi connectivity index (χ1v) is 8.14. The Morgan fingerprint density at radius 2 is 2.09 bits per heavy atom. The van der Waals surface area contributed by atoms with Crippen LogP contribution >= 0.6 is 11.3 Å². The van der Waals surface area contributed by atoms with Gasteiger partial charge in [-0.3, -0.25) is 4.79 Å². The third-order valence-corrected chi connectivity index (χ3v) is 4.08. The van der Waals surface area contributed by atoms with Crippen molar-refractivity contribution in [2.75, 3.05) is 0 Å². The van der Waals surface area contributed by atoms with Gasteiger partial charge in [-0.25, -0.2) is 4.98 Å². The van der Waals surface area contributed by atoms with Crippen LogP contribution in [0.25, 0.3) is 6.08 Å². The van der Waals surface area contributed by atoms with Crippen molar-refractivity contribution >= 4 is 23.3 Å². The third-order valence-electron chi connectivity index (χ3n) is 3.18. The first kappa shape index (κ1) is 15.2. The molecule has 5 heteroatoms. The standard InChI is InChI=1S/C18H16N2O2S/c21-17(9-8-16-7-4-10-22-16)19-12-15-13-23-18(20-15)11-14-5-2-1-3-6-14/h1-10,13H,11-12H2,(H,19,21)/b9-8+. The summed E-state index contributed by atoms with van der Waals surface area (Å²) >= 11 is 1.61. The zero-order chi connectivity index (χ0) is 15.9. The Kier molecular flexibility index (Phi) is 5.01. The fourth-order valence-corrected chi connectivity index (χ4v) is 2.89. The fourth-order valence-electron chi connectivity index (χ4n) is 2.06. The monoisotopic (exact) mass is 324 g/mol. The maximum atomic E-state index is 11.7. The minimum Gasteiger partial charge on any atom is -0.465 e. The smallest absolute Gasteiger partial charge is 0.244 e.